The van der Waals surface area contributed by atoms with E-state index in [1.54, 1.807) is 18.2 Å². The Morgan fingerprint density at radius 3 is 2.69 bits per heavy atom. The highest BCUT2D eigenvalue weighted by Gasteiger charge is 2.36. The SMILES string of the molecule is COC(=O)C(c1ccccc1F)C1CNC1. The molecule has 1 heterocycles. The van der Waals surface area contributed by atoms with Crippen molar-refractivity contribution in [2.75, 3.05) is 20.2 Å². The lowest BCUT2D eigenvalue weighted by molar-refractivity contribution is -0.144. The van der Waals surface area contributed by atoms with E-state index < -0.39 is 5.92 Å². The summed E-state index contributed by atoms with van der Waals surface area (Å²) in [6.45, 7) is 1.46. The molecule has 1 fully saturated rings. The maximum absolute atomic E-state index is 13.6. The Morgan fingerprint density at radius 2 is 2.19 bits per heavy atom. The van der Waals surface area contributed by atoms with Crippen molar-refractivity contribution in [1.29, 1.82) is 0 Å². The maximum Gasteiger partial charge on any atom is 0.313 e. The number of rotatable bonds is 3. The zero-order valence-electron chi connectivity index (χ0n) is 9.07. The molecule has 1 saturated heterocycles. The van der Waals surface area contributed by atoms with E-state index in [9.17, 15) is 9.18 Å². The summed E-state index contributed by atoms with van der Waals surface area (Å²) < 4.78 is 18.4. The molecule has 0 aliphatic carbocycles. The molecule has 0 amide bonds. The third-order valence-electron chi connectivity index (χ3n) is 2.98. The van der Waals surface area contributed by atoms with Crippen molar-refractivity contribution in [3.63, 3.8) is 0 Å². The predicted octanol–water partition coefficient (Wildman–Crippen LogP) is 1.30. The molecule has 1 aliphatic rings. The molecule has 16 heavy (non-hydrogen) atoms. The Bertz CT molecular complexity index is 390. The number of halogens is 1. The van der Waals surface area contributed by atoms with Crippen LogP contribution in [0, 0.1) is 11.7 Å². The molecule has 86 valence electrons. The van der Waals surface area contributed by atoms with Gasteiger partial charge in [0.25, 0.3) is 0 Å². The number of methoxy groups -OCH3 is 1. The third kappa shape index (κ3) is 1.93. The van der Waals surface area contributed by atoms with Gasteiger partial charge in [0.15, 0.2) is 0 Å². The van der Waals surface area contributed by atoms with Crippen molar-refractivity contribution < 1.29 is 13.9 Å². The smallest absolute Gasteiger partial charge is 0.313 e. The van der Waals surface area contributed by atoms with Crippen molar-refractivity contribution in [1.82, 2.24) is 5.32 Å². The monoisotopic (exact) mass is 223 g/mol. The van der Waals surface area contributed by atoms with Gasteiger partial charge in [0.2, 0.25) is 0 Å². The van der Waals surface area contributed by atoms with Gasteiger partial charge in [-0.15, -0.1) is 0 Å². The first-order chi connectivity index (χ1) is 7.74. The minimum atomic E-state index is -0.493. The summed E-state index contributed by atoms with van der Waals surface area (Å²) in [7, 11) is 1.34. The summed E-state index contributed by atoms with van der Waals surface area (Å²) in [5.41, 5.74) is 0.431. The molecule has 0 saturated carbocycles. The van der Waals surface area contributed by atoms with Crippen LogP contribution in [-0.4, -0.2) is 26.2 Å². The standard InChI is InChI=1S/C12H14FNO2/c1-16-12(15)11(8-6-14-7-8)9-4-2-3-5-10(9)13/h2-5,8,11,14H,6-7H2,1H3. The zero-order valence-corrected chi connectivity index (χ0v) is 9.07. The van der Waals surface area contributed by atoms with Gasteiger partial charge in [-0.25, -0.2) is 4.39 Å². The van der Waals surface area contributed by atoms with E-state index in [4.69, 9.17) is 4.74 Å². The zero-order chi connectivity index (χ0) is 11.5. The number of nitrogens with one attached hydrogen (secondary N) is 1. The van der Waals surface area contributed by atoms with E-state index in [-0.39, 0.29) is 17.7 Å². The number of ether oxygens (including phenoxy) is 1. The number of carbonyl (C=O) groups is 1. The van der Waals surface area contributed by atoms with Gasteiger partial charge >= 0.3 is 5.97 Å². The summed E-state index contributed by atoms with van der Waals surface area (Å²) in [4.78, 5) is 11.7. The fraction of sp³-hybridized carbons (Fsp3) is 0.417. The summed E-state index contributed by atoms with van der Waals surface area (Å²) in [6, 6.07) is 6.37. The fourth-order valence-electron chi connectivity index (χ4n) is 1.97. The Labute approximate surface area is 93.6 Å². The number of hydrogen-bond donors (Lipinski definition) is 1. The Kier molecular flexibility index (Phi) is 3.19. The lowest BCUT2D eigenvalue weighted by atomic mass is 9.82. The van der Waals surface area contributed by atoms with Crippen LogP contribution in [0.3, 0.4) is 0 Å². The highest BCUT2D eigenvalue weighted by atomic mass is 19.1. The molecule has 1 aromatic rings. The largest absolute Gasteiger partial charge is 0.469 e. The van der Waals surface area contributed by atoms with Crippen LogP contribution in [0.1, 0.15) is 11.5 Å². The molecule has 4 heteroatoms. The Hall–Kier alpha value is -1.42. The lowest BCUT2D eigenvalue weighted by Gasteiger charge is -2.33. The van der Waals surface area contributed by atoms with E-state index in [0.717, 1.165) is 13.1 Å². The van der Waals surface area contributed by atoms with Crippen molar-refractivity contribution in [2.24, 2.45) is 5.92 Å². The predicted molar refractivity (Wildman–Crippen MR) is 57.5 cm³/mol. The molecule has 0 bridgehead atoms. The first kappa shape index (κ1) is 11.1. The first-order valence-corrected chi connectivity index (χ1v) is 5.27. The van der Waals surface area contributed by atoms with Gasteiger partial charge in [0.1, 0.15) is 5.82 Å². The minimum Gasteiger partial charge on any atom is -0.469 e. The average Bonchev–Trinajstić information content (AvgIpc) is 2.23. The van der Waals surface area contributed by atoms with E-state index in [2.05, 4.69) is 5.32 Å². The highest BCUT2D eigenvalue weighted by Crippen LogP contribution is 2.30. The molecule has 1 unspecified atom stereocenters. The van der Waals surface area contributed by atoms with Gasteiger partial charge in [-0.05, 0) is 6.07 Å². The second-order valence-corrected chi connectivity index (χ2v) is 3.94. The van der Waals surface area contributed by atoms with Crippen LogP contribution in [0.4, 0.5) is 4.39 Å². The molecule has 0 spiro atoms. The fourth-order valence-corrected chi connectivity index (χ4v) is 1.97. The first-order valence-electron chi connectivity index (χ1n) is 5.27. The van der Waals surface area contributed by atoms with Gasteiger partial charge < -0.3 is 10.1 Å². The summed E-state index contributed by atoms with van der Waals surface area (Å²) in [6.07, 6.45) is 0. The quantitative estimate of drug-likeness (QED) is 0.785. The second kappa shape index (κ2) is 4.61. The molecule has 2 rings (SSSR count). The molecular weight excluding hydrogens is 209 g/mol. The van der Waals surface area contributed by atoms with Crippen molar-refractivity contribution in [3.05, 3.63) is 35.6 Å². The van der Waals surface area contributed by atoms with Gasteiger partial charge in [-0.3, -0.25) is 4.79 Å². The number of esters is 1. The molecular formula is C12H14FNO2. The highest BCUT2D eigenvalue weighted by molar-refractivity contribution is 5.78. The lowest BCUT2D eigenvalue weighted by Crippen LogP contribution is -2.47. The third-order valence-corrected chi connectivity index (χ3v) is 2.98. The van der Waals surface area contributed by atoms with Crippen LogP contribution in [0.25, 0.3) is 0 Å². The molecule has 0 aromatic heterocycles. The van der Waals surface area contributed by atoms with Gasteiger partial charge in [-0.1, -0.05) is 18.2 Å². The maximum atomic E-state index is 13.6. The van der Waals surface area contributed by atoms with Crippen LogP contribution in [-0.2, 0) is 9.53 Å². The van der Waals surface area contributed by atoms with Gasteiger partial charge in [-0.2, -0.15) is 0 Å². The van der Waals surface area contributed by atoms with Crippen molar-refractivity contribution in [2.45, 2.75) is 5.92 Å². The van der Waals surface area contributed by atoms with Crippen LogP contribution in [0.5, 0.6) is 0 Å². The summed E-state index contributed by atoms with van der Waals surface area (Å²) in [5.74, 6) is -1.07. The topological polar surface area (TPSA) is 38.3 Å². The number of benzene rings is 1. The second-order valence-electron chi connectivity index (χ2n) is 3.94. The van der Waals surface area contributed by atoms with Gasteiger partial charge in [0.05, 0.1) is 13.0 Å². The van der Waals surface area contributed by atoms with Crippen LogP contribution in [0.2, 0.25) is 0 Å². The minimum absolute atomic E-state index is 0.129. The molecule has 1 atom stereocenters. The van der Waals surface area contributed by atoms with E-state index in [0.29, 0.717) is 5.56 Å². The average molecular weight is 223 g/mol. The van der Waals surface area contributed by atoms with Gasteiger partial charge in [0, 0.05) is 24.6 Å². The van der Waals surface area contributed by atoms with E-state index >= 15 is 0 Å². The number of hydrogen-bond acceptors (Lipinski definition) is 3. The van der Waals surface area contributed by atoms with E-state index in [1.807, 2.05) is 0 Å². The normalized spacial score (nSPS) is 17.6. The molecule has 3 nitrogen and oxygen atoms in total. The Morgan fingerprint density at radius 1 is 1.50 bits per heavy atom. The molecule has 1 aliphatic heterocycles. The van der Waals surface area contributed by atoms with Crippen LogP contribution < -0.4 is 5.32 Å². The van der Waals surface area contributed by atoms with Crippen LogP contribution >= 0.6 is 0 Å². The Balaban J connectivity index is 2.31. The van der Waals surface area contributed by atoms with E-state index in [1.165, 1.54) is 13.2 Å². The molecule has 0 radical (unpaired) electrons. The van der Waals surface area contributed by atoms with Crippen molar-refractivity contribution in [3.8, 4) is 0 Å². The number of carbonyl (C=O) groups excluding carboxylic acids is 1. The molecule has 1 N–H and O–H groups in total. The summed E-state index contributed by atoms with van der Waals surface area (Å²) in [5, 5.41) is 3.08. The van der Waals surface area contributed by atoms with Crippen molar-refractivity contribution >= 4 is 5.97 Å². The van der Waals surface area contributed by atoms with Crippen LogP contribution in [0.15, 0.2) is 24.3 Å². The summed E-state index contributed by atoms with van der Waals surface area (Å²) >= 11 is 0. The molecule has 1 aromatic carbocycles.